The molecule has 0 radical (unpaired) electrons. The molecule has 5 rings (SSSR count). The number of aryl methyl sites for hydroxylation is 1. The second-order valence-electron chi connectivity index (χ2n) is 8.90. The molecule has 172 valence electrons. The molecule has 0 amide bonds. The lowest BCUT2D eigenvalue weighted by atomic mass is 10.1. The zero-order valence-corrected chi connectivity index (χ0v) is 19.2. The summed E-state index contributed by atoms with van der Waals surface area (Å²) < 4.78 is 1.93. The van der Waals surface area contributed by atoms with Crippen molar-refractivity contribution in [2.75, 3.05) is 18.0 Å². The molecule has 1 aromatic heterocycles. The predicted octanol–water partition coefficient (Wildman–Crippen LogP) is 5.46. The van der Waals surface area contributed by atoms with Crippen molar-refractivity contribution in [3.05, 3.63) is 92.3 Å². The van der Waals surface area contributed by atoms with Crippen molar-refractivity contribution in [1.29, 1.82) is 0 Å². The van der Waals surface area contributed by atoms with Crippen LogP contribution in [0.2, 0.25) is 0 Å². The average molecular weight is 456 g/mol. The fourth-order valence-electron chi connectivity index (χ4n) is 5.09. The Morgan fingerprint density at radius 2 is 1.56 bits per heavy atom. The van der Waals surface area contributed by atoms with E-state index in [2.05, 4.69) is 4.90 Å². The number of aromatic nitrogens is 1. The molecule has 1 fully saturated rings. The lowest BCUT2D eigenvalue weighted by Crippen LogP contribution is -2.30. The van der Waals surface area contributed by atoms with Crippen molar-refractivity contribution in [3.63, 3.8) is 0 Å². The van der Waals surface area contributed by atoms with Crippen LogP contribution in [-0.4, -0.2) is 34.1 Å². The Kier molecular flexibility index (Phi) is 5.40. The number of carbonyl (C=O) groups is 2. The molecule has 7 heteroatoms. The van der Waals surface area contributed by atoms with Crippen molar-refractivity contribution < 1.29 is 14.5 Å². The fourth-order valence-corrected chi connectivity index (χ4v) is 5.09. The summed E-state index contributed by atoms with van der Waals surface area (Å²) in [6, 6.07) is 14.1. The maximum atomic E-state index is 12.8. The number of Topliss-reactive ketones (excluding diaryl/α,β-unsaturated/α-hetero) is 2. The molecule has 3 aromatic rings. The quantitative estimate of drug-likeness (QED) is 0.226. The molecule has 0 unspecified atom stereocenters. The number of carbonyl (C=O) groups excluding carboxylic acids is 2. The normalized spacial score (nSPS) is 15.6. The largest absolute Gasteiger partial charge is 0.366 e. The van der Waals surface area contributed by atoms with Gasteiger partial charge in [-0.15, -0.1) is 0 Å². The Morgan fingerprint density at radius 3 is 2.18 bits per heavy atom. The lowest BCUT2D eigenvalue weighted by molar-refractivity contribution is -0.384. The molecular formula is C27H25N3O4. The lowest BCUT2D eigenvalue weighted by Gasteiger charge is -2.28. The molecule has 1 aliphatic carbocycles. The van der Waals surface area contributed by atoms with Crippen molar-refractivity contribution in [2.45, 2.75) is 33.1 Å². The van der Waals surface area contributed by atoms with Gasteiger partial charge in [0, 0.05) is 41.7 Å². The van der Waals surface area contributed by atoms with E-state index in [0.717, 1.165) is 49.3 Å². The zero-order valence-electron chi connectivity index (χ0n) is 19.2. The first-order chi connectivity index (χ1) is 16.4. The van der Waals surface area contributed by atoms with Gasteiger partial charge in [0.25, 0.3) is 5.69 Å². The first-order valence-corrected chi connectivity index (χ1v) is 11.5. The maximum Gasteiger partial charge on any atom is 0.294 e. The van der Waals surface area contributed by atoms with Crippen molar-refractivity contribution in [2.24, 2.45) is 0 Å². The van der Waals surface area contributed by atoms with E-state index in [1.54, 1.807) is 36.4 Å². The molecule has 1 saturated heterocycles. The second-order valence-corrected chi connectivity index (χ2v) is 8.90. The van der Waals surface area contributed by atoms with E-state index < -0.39 is 0 Å². The van der Waals surface area contributed by atoms with E-state index in [-0.39, 0.29) is 27.8 Å². The fraction of sp³-hybridized carbons (Fsp3) is 0.259. The van der Waals surface area contributed by atoms with Gasteiger partial charge in [0.05, 0.1) is 16.2 Å². The molecule has 34 heavy (non-hydrogen) atoms. The number of rotatable bonds is 4. The maximum absolute atomic E-state index is 12.8. The predicted molar refractivity (Wildman–Crippen MR) is 131 cm³/mol. The molecule has 2 aliphatic rings. The van der Waals surface area contributed by atoms with E-state index in [9.17, 15) is 19.7 Å². The number of anilines is 1. The van der Waals surface area contributed by atoms with Gasteiger partial charge in [-0.2, -0.15) is 0 Å². The third kappa shape index (κ3) is 3.53. The average Bonchev–Trinajstić information content (AvgIpc) is 3.26. The SMILES string of the molecule is Cc1cc(C=C2C(=O)c3ccccc3C2=O)c(C)n1-c1ccc(N2CCCCC2)c([N+](=O)[O-])c1. The van der Waals surface area contributed by atoms with Crippen LogP contribution in [-0.2, 0) is 0 Å². The first-order valence-electron chi connectivity index (χ1n) is 11.5. The van der Waals surface area contributed by atoms with Gasteiger partial charge >= 0.3 is 0 Å². The van der Waals surface area contributed by atoms with Gasteiger partial charge in [-0.25, -0.2) is 0 Å². The molecule has 2 aromatic carbocycles. The number of ketones is 2. The van der Waals surface area contributed by atoms with Gasteiger partial charge in [-0.1, -0.05) is 24.3 Å². The third-order valence-corrected chi connectivity index (χ3v) is 6.79. The third-order valence-electron chi connectivity index (χ3n) is 6.79. The minimum atomic E-state index is -0.322. The summed E-state index contributed by atoms with van der Waals surface area (Å²) in [5, 5.41) is 11.9. The zero-order chi connectivity index (χ0) is 24.0. The molecule has 0 N–H and O–H groups in total. The van der Waals surface area contributed by atoms with E-state index in [4.69, 9.17) is 0 Å². The monoisotopic (exact) mass is 455 g/mol. The summed E-state index contributed by atoms with van der Waals surface area (Å²) in [4.78, 5) is 39.3. The molecule has 0 saturated carbocycles. The van der Waals surface area contributed by atoms with Crippen LogP contribution in [0.5, 0.6) is 0 Å². The second kappa shape index (κ2) is 8.41. The Balaban J connectivity index is 1.55. The molecule has 7 nitrogen and oxygen atoms in total. The summed E-state index contributed by atoms with van der Waals surface area (Å²) in [7, 11) is 0. The molecular weight excluding hydrogens is 430 g/mol. The van der Waals surface area contributed by atoms with Crippen molar-refractivity contribution in [3.8, 4) is 5.69 Å². The Labute approximate surface area is 197 Å². The number of nitro benzene ring substituents is 1. The molecule has 0 bridgehead atoms. The first kappa shape index (κ1) is 21.8. The Morgan fingerprint density at radius 1 is 0.912 bits per heavy atom. The Bertz CT molecular complexity index is 1340. The smallest absolute Gasteiger partial charge is 0.294 e. The van der Waals surface area contributed by atoms with Crippen LogP contribution in [0.1, 0.15) is 56.9 Å². The van der Waals surface area contributed by atoms with E-state index >= 15 is 0 Å². The van der Waals surface area contributed by atoms with Crippen LogP contribution in [0.4, 0.5) is 11.4 Å². The summed E-state index contributed by atoms with van der Waals surface area (Å²) in [6.07, 6.45) is 4.86. The van der Waals surface area contributed by atoms with Crippen molar-refractivity contribution >= 4 is 29.0 Å². The van der Waals surface area contributed by atoms with Crippen LogP contribution in [0.25, 0.3) is 11.8 Å². The number of hydrogen-bond acceptors (Lipinski definition) is 5. The van der Waals surface area contributed by atoms with Crippen LogP contribution in [0.15, 0.2) is 54.1 Å². The number of piperidine rings is 1. The standard InChI is InChI=1S/C27H25N3O4/c1-17-14-19(15-23-26(31)21-8-4-5-9-22(21)27(23)32)18(2)29(17)20-10-11-24(25(16-20)30(33)34)28-12-6-3-7-13-28/h4-5,8-11,14-16H,3,6-7,12-13H2,1-2H3. The van der Waals surface area contributed by atoms with Crippen molar-refractivity contribution in [1.82, 2.24) is 4.57 Å². The van der Waals surface area contributed by atoms with Gasteiger partial charge in [0.2, 0.25) is 0 Å². The van der Waals surface area contributed by atoms with E-state index in [0.29, 0.717) is 22.5 Å². The molecule has 0 spiro atoms. The minimum absolute atomic E-state index is 0.0865. The summed E-state index contributed by atoms with van der Waals surface area (Å²) in [6.45, 7) is 5.45. The summed E-state index contributed by atoms with van der Waals surface area (Å²) in [5.74, 6) is -0.543. The van der Waals surface area contributed by atoms with Gasteiger partial charge in [-0.3, -0.25) is 19.7 Å². The highest BCUT2D eigenvalue weighted by atomic mass is 16.6. The molecule has 0 atom stereocenters. The van der Waals surface area contributed by atoms with Crippen LogP contribution < -0.4 is 4.90 Å². The van der Waals surface area contributed by atoms with Gasteiger partial charge in [-0.05, 0) is 62.9 Å². The van der Waals surface area contributed by atoms with Gasteiger partial charge < -0.3 is 9.47 Å². The summed E-state index contributed by atoms with van der Waals surface area (Å²) in [5.41, 5.74) is 4.83. The van der Waals surface area contributed by atoms with Crippen LogP contribution in [0, 0.1) is 24.0 Å². The highest BCUT2D eigenvalue weighted by Gasteiger charge is 2.33. The minimum Gasteiger partial charge on any atom is -0.366 e. The van der Waals surface area contributed by atoms with Gasteiger partial charge in [0.15, 0.2) is 11.6 Å². The number of benzene rings is 2. The highest BCUT2D eigenvalue weighted by molar-refractivity contribution is 6.41. The van der Waals surface area contributed by atoms with Crippen LogP contribution >= 0.6 is 0 Å². The highest BCUT2D eigenvalue weighted by Crippen LogP contribution is 2.35. The van der Waals surface area contributed by atoms with E-state index in [1.165, 1.54) is 0 Å². The number of allylic oxidation sites excluding steroid dienone is 1. The number of nitro groups is 1. The number of fused-ring (bicyclic) bond motifs is 1. The number of hydrogen-bond donors (Lipinski definition) is 0. The van der Waals surface area contributed by atoms with Crippen LogP contribution in [0.3, 0.4) is 0 Å². The molecule has 1 aliphatic heterocycles. The molecule has 2 heterocycles. The Hall–Kier alpha value is -4.00. The van der Waals surface area contributed by atoms with Gasteiger partial charge in [0.1, 0.15) is 5.69 Å². The number of nitrogens with zero attached hydrogens (tertiary/aromatic N) is 3. The summed E-state index contributed by atoms with van der Waals surface area (Å²) >= 11 is 0. The topological polar surface area (TPSA) is 85.5 Å². The van der Waals surface area contributed by atoms with E-state index in [1.807, 2.05) is 36.6 Å².